The Kier molecular flexibility index (Phi) is 5.46. The number of aryl methyl sites for hydroxylation is 1. The molecule has 1 atom stereocenters. The fourth-order valence-corrected chi connectivity index (χ4v) is 5.33. The SMILES string of the molecule is Cc1ccc(Cl)cc1S(=O)(=O)N1CCCCC(c2ccc(F)cc2)C1. The van der Waals surface area contributed by atoms with Crippen molar-refractivity contribution in [3.63, 3.8) is 0 Å². The molecule has 3 rings (SSSR count). The first-order valence-corrected chi connectivity index (χ1v) is 10.2. The number of rotatable bonds is 3. The molecule has 2 aromatic carbocycles. The molecular weight excluding hydrogens is 361 g/mol. The predicted molar refractivity (Wildman–Crippen MR) is 97.9 cm³/mol. The van der Waals surface area contributed by atoms with Crippen molar-refractivity contribution >= 4 is 21.6 Å². The van der Waals surface area contributed by atoms with Crippen LogP contribution in [0, 0.1) is 12.7 Å². The molecule has 1 unspecified atom stereocenters. The molecule has 3 nitrogen and oxygen atoms in total. The highest BCUT2D eigenvalue weighted by atomic mass is 35.5. The van der Waals surface area contributed by atoms with E-state index in [1.165, 1.54) is 18.2 Å². The molecule has 134 valence electrons. The van der Waals surface area contributed by atoms with E-state index in [0.717, 1.165) is 24.8 Å². The average Bonchev–Trinajstić information content (AvgIpc) is 2.84. The molecule has 1 heterocycles. The Labute approximate surface area is 153 Å². The van der Waals surface area contributed by atoms with Crippen LogP contribution in [0.15, 0.2) is 47.4 Å². The van der Waals surface area contributed by atoms with Crippen LogP contribution in [0.5, 0.6) is 0 Å². The third kappa shape index (κ3) is 4.05. The van der Waals surface area contributed by atoms with E-state index in [2.05, 4.69) is 0 Å². The van der Waals surface area contributed by atoms with Crippen LogP contribution < -0.4 is 0 Å². The highest BCUT2D eigenvalue weighted by Gasteiger charge is 2.30. The monoisotopic (exact) mass is 381 g/mol. The van der Waals surface area contributed by atoms with Crippen molar-refractivity contribution in [2.75, 3.05) is 13.1 Å². The van der Waals surface area contributed by atoms with E-state index in [1.807, 2.05) is 0 Å². The zero-order valence-corrected chi connectivity index (χ0v) is 15.7. The van der Waals surface area contributed by atoms with Crippen LogP contribution in [0.2, 0.25) is 5.02 Å². The largest absolute Gasteiger partial charge is 0.243 e. The zero-order chi connectivity index (χ0) is 18.0. The van der Waals surface area contributed by atoms with Gasteiger partial charge in [0.1, 0.15) is 5.82 Å². The van der Waals surface area contributed by atoms with Crippen LogP contribution in [-0.2, 0) is 10.0 Å². The number of benzene rings is 2. The van der Waals surface area contributed by atoms with E-state index in [9.17, 15) is 12.8 Å². The van der Waals surface area contributed by atoms with Crippen molar-refractivity contribution in [3.8, 4) is 0 Å². The van der Waals surface area contributed by atoms with Gasteiger partial charge in [-0.15, -0.1) is 0 Å². The normalized spacial score (nSPS) is 19.6. The van der Waals surface area contributed by atoms with E-state index in [0.29, 0.717) is 23.7 Å². The van der Waals surface area contributed by atoms with Gasteiger partial charge in [0.15, 0.2) is 0 Å². The second-order valence-corrected chi connectivity index (χ2v) is 8.86. The quantitative estimate of drug-likeness (QED) is 0.769. The lowest BCUT2D eigenvalue weighted by atomic mass is 9.95. The molecule has 1 aliphatic heterocycles. The van der Waals surface area contributed by atoms with Gasteiger partial charge in [0.25, 0.3) is 0 Å². The number of halogens is 2. The smallest absolute Gasteiger partial charge is 0.207 e. The van der Waals surface area contributed by atoms with E-state index < -0.39 is 10.0 Å². The predicted octanol–water partition coefficient (Wildman–Crippen LogP) is 4.75. The van der Waals surface area contributed by atoms with Gasteiger partial charge in [0.2, 0.25) is 10.0 Å². The Bertz CT molecular complexity index is 852. The van der Waals surface area contributed by atoms with Gasteiger partial charge in [0, 0.05) is 18.1 Å². The second kappa shape index (κ2) is 7.44. The topological polar surface area (TPSA) is 37.4 Å². The molecule has 0 N–H and O–H groups in total. The Balaban J connectivity index is 1.92. The van der Waals surface area contributed by atoms with Crippen molar-refractivity contribution in [1.29, 1.82) is 0 Å². The third-order valence-electron chi connectivity index (χ3n) is 4.74. The van der Waals surface area contributed by atoms with Crippen LogP contribution >= 0.6 is 11.6 Å². The summed E-state index contributed by atoms with van der Waals surface area (Å²) in [5.74, 6) is -0.214. The van der Waals surface area contributed by atoms with Crippen LogP contribution in [0.3, 0.4) is 0 Å². The second-order valence-electron chi connectivity index (χ2n) is 6.52. The maximum absolute atomic E-state index is 13.2. The first kappa shape index (κ1) is 18.4. The number of hydrogen-bond donors (Lipinski definition) is 0. The summed E-state index contributed by atoms with van der Waals surface area (Å²) >= 11 is 6.01. The summed E-state index contributed by atoms with van der Waals surface area (Å²) in [7, 11) is -3.61. The fraction of sp³-hybridized carbons (Fsp3) is 0.368. The Hall–Kier alpha value is -1.43. The van der Waals surface area contributed by atoms with Gasteiger partial charge in [0.05, 0.1) is 4.90 Å². The first-order valence-electron chi connectivity index (χ1n) is 8.40. The molecule has 1 aliphatic rings. The summed E-state index contributed by atoms with van der Waals surface area (Å²) in [6.07, 6.45) is 2.66. The molecule has 0 bridgehead atoms. The summed E-state index contributed by atoms with van der Waals surface area (Å²) in [6.45, 7) is 2.67. The van der Waals surface area contributed by atoms with E-state index in [1.54, 1.807) is 35.5 Å². The lowest BCUT2D eigenvalue weighted by molar-refractivity contribution is 0.406. The summed E-state index contributed by atoms with van der Waals surface area (Å²) < 4.78 is 41.0. The molecule has 6 heteroatoms. The van der Waals surface area contributed by atoms with Crippen molar-refractivity contribution < 1.29 is 12.8 Å². The molecule has 0 aromatic heterocycles. The minimum absolute atomic E-state index is 0.0670. The minimum Gasteiger partial charge on any atom is -0.207 e. The molecule has 0 spiro atoms. The Morgan fingerprint density at radius 2 is 1.84 bits per heavy atom. The van der Waals surface area contributed by atoms with Gasteiger partial charge in [-0.2, -0.15) is 4.31 Å². The molecule has 2 aromatic rings. The summed E-state index contributed by atoms with van der Waals surface area (Å²) in [6, 6.07) is 11.3. The van der Waals surface area contributed by atoms with Crippen molar-refractivity contribution in [2.24, 2.45) is 0 Å². The van der Waals surface area contributed by atoms with E-state index >= 15 is 0 Å². The number of nitrogens with zero attached hydrogens (tertiary/aromatic N) is 1. The van der Waals surface area contributed by atoms with Crippen LogP contribution in [0.1, 0.15) is 36.3 Å². The van der Waals surface area contributed by atoms with Gasteiger partial charge in [-0.05, 0) is 61.1 Å². The molecule has 0 aliphatic carbocycles. The summed E-state index contributed by atoms with van der Waals surface area (Å²) in [4.78, 5) is 0.264. The van der Waals surface area contributed by atoms with Crippen LogP contribution in [0.25, 0.3) is 0 Å². The molecular formula is C19H21ClFNO2S. The molecule has 0 radical (unpaired) electrons. The molecule has 25 heavy (non-hydrogen) atoms. The van der Waals surface area contributed by atoms with Gasteiger partial charge >= 0.3 is 0 Å². The lowest BCUT2D eigenvalue weighted by Gasteiger charge is -2.25. The van der Waals surface area contributed by atoms with E-state index in [4.69, 9.17) is 11.6 Å². The minimum atomic E-state index is -3.61. The van der Waals surface area contributed by atoms with Gasteiger partial charge in [-0.25, -0.2) is 12.8 Å². The maximum Gasteiger partial charge on any atom is 0.243 e. The van der Waals surface area contributed by atoms with Gasteiger partial charge in [-0.3, -0.25) is 0 Å². The van der Waals surface area contributed by atoms with E-state index in [-0.39, 0.29) is 16.6 Å². The third-order valence-corrected chi connectivity index (χ3v) is 6.99. The Morgan fingerprint density at radius 1 is 1.12 bits per heavy atom. The van der Waals surface area contributed by atoms with Gasteiger partial charge < -0.3 is 0 Å². The van der Waals surface area contributed by atoms with Crippen LogP contribution in [-0.4, -0.2) is 25.8 Å². The molecule has 0 amide bonds. The summed E-state index contributed by atoms with van der Waals surface area (Å²) in [5.41, 5.74) is 1.67. The standard InChI is InChI=1S/C19H21ClFNO2S/c1-14-5-8-17(20)12-19(14)25(23,24)22-11-3-2-4-16(13-22)15-6-9-18(21)10-7-15/h5-10,12,16H,2-4,11,13H2,1H3. The summed E-state index contributed by atoms with van der Waals surface area (Å²) in [5, 5.41) is 0.411. The number of hydrogen-bond acceptors (Lipinski definition) is 2. The van der Waals surface area contributed by atoms with Crippen molar-refractivity contribution in [3.05, 3.63) is 64.4 Å². The lowest BCUT2D eigenvalue weighted by Crippen LogP contribution is -2.34. The fourth-order valence-electron chi connectivity index (χ4n) is 3.32. The highest BCUT2D eigenvalue weighted by molar-refractivity contribution is 7.89. The van der Waals surface area contributed by atoms with Gasteiger partial charge in [-0.1, -0.05) is 36.2 Å². The molecule has 1 fully saturated rings. The van der Waals surface area contributed by atoms with Crippen LogP contribution in [0.4, 0.5) is 4.39 Å². The average molecular weight is 382 g/mol. The van der Waals surface area contributed by atoms with Crippen molar-refractivity contribution in [1.82, 2.24) is 4.31 Å². The maximum atomic E-state index is 13.2. The Morgan fingerprint density at radius 3 is 2.56 bits per heavy atom. The first-order chi connectivity index (χ1) is 11.9. The zero-order valence-electron chi connectivity index (χ0n) is 14.1. The molecule has 0 saturated carbocycles. The molecule has 1 saturated heterocycles. The number of sulfonamides is 1. The van der Waals surface area contributed by atoms with Crippen molar-refractivity contribution in [2.45, 2.75) is 37.0 Å². The highest BCUT2D eigenvalue weighted by Crippen LogP contribution is 2.31.